The van der Waals surface area contributed by atoms with Gasteiger partial charge in [0.15, 0.2) is 5.11 Å². The van der Waals surface area contributed by atoms with Crippen LogP contribution in [0.25, 0.3) is 10.9 Å². The molecule has 2 unspecified atom stereocenters. The van der Waals surface area contributed by atoms with E-state index >= 15 is 0 Å². The van der Waals surface area contributed by atoms with E-state index in [2.05, 4.69) is 34.3 Å². The van der Waals surface area contributed by atoms with E-state index in [0.29, 0.717) is 24.7 Å². The fraction of sp³-hybridized carbons (Fsp3) is 0.565. The summed E-state index contributed by atoms with van der Waals surface area (Å²) in [5.41, 5.74) is 2.78. The predicted octanol–water partition coefficient (Wildman–Crippen LogP) is 3.13. The van der Waals surface area contributed by atoms with Crippen molar-refractivity contribution in [3.8, 4) is 0 Å². The Morgan fingerprint density at radius 1 is 1.20 bits per heavy atom. The van der Waals surface area contributed by atoms with Gasteiger partial charge in [0.2, 0.25) is 0 Å². The highest BCUT2D eigenvalue weighted by molar-refractivity contribution is 7.80. The molecule has 1 aromatic carbocycles. The number of fused-ring (bicyclic) bond motifs is 1. The highest BCUT2D eigenvalue weighted by Gasteiger charge is 2.23. The summed E-state index contributed by atoms with van der Waals surface area (Å²) in [4.78, 5) is 17.8. The maximum absolute atomic E-state index is 12.8. The third-order valence-corrected chi connectivity index (χ3v) is 6.40. The molecule has 2 atom stereocenters. The molecule has 2 N–H and O–H groups in total. The summed E-state index contributed by atoms with van der Waals surface area (Å²) in [7, 11) is 0. The lowest BCUT2D eigenvalue weighted by Crippen LogP contribution is -2.45. The number of hydrogen-bond acceptors (Lipinski definition) is 4. The quantitative estimate of drug-likeness (QED) is 0.660. The second-order valence-corrected chi connectivity index (χ2v) is 8.62. The van der Waals surface area contributed by atoms with Crippen LogP contribution in [0.1, 0.15) is 43.7 Å². The van der Waals surface area contributed by atoms with Crippen molar-refractivity contribution in [1.82, 2.24) is 15.2 Å². The second kappa shape index (κ2) is 9.90. The molecule has 1 aromatic heterocycles. The number of H-pyrrole nitrogens is 1. The molecule has 3 heterocycles. The van der Waals surface area contributed by atoms with Crippen molar-refractivity contribution in [3.05, 3.63) is 45.7 Å². The Bertz CT molecular complexity index is 933. The van der Waals surface area contributed by atoms with Gasteiger partial charge in [-0.25, -0.2) is 0 Å². The first kappa shape index (κ1) is 21.3. The topological polar surface area (TPSA) is 66.6 Å². The molecule has 4 rings (SSSR count). The van der Waals surface area contributed by atoms with E-state index in [-0.39, 0.29) is 17.8 Å². The molecule has 2 aliphatic heterocycles. The lowest BCUT2D eigenvalue weighted by molar-refractivity contribution is 0.0885. The van der Waals surface area contributed by atoms with Gasteiger partial charge in [-0.1, -0.05) is 13.0 Å². The van der Waals surface area contributed by atoms with Crippen LogP contribution in [0.5, 0.6) is 0 Å². The average Bonchev–Trinajstić information content (AvgIpc) is 3.46. The van der Waals surface area contributed by atoms with Crippen molar-refractivity contribution in [2.24, 2.45) is 0 Å². The Hall–Kier alpha value is -1.96. The van der Waals surface area contributed by atoms with Gasteiger partial charge in [-0.3, -0.25) is 4.79 Å². The largest absolute Gasteiger partial charge is 0.376 e. The first-order valence-corrected chi connectivity index (χ1v) is 11.4. The third-order valence-electron chi connectivity index (χ3n) is 6.00. The normalized spacial score (nSPS) is 21.2. The van der Waals surface area contributed by atoms with Gasteiger partial charge in [0, 0.05) is 37.4 Å². The zero-order chi connectivity index (χ0) is 20.9. The van der Waals surface area contributed by atoms with Gasteiger partial charge in [0.05, 0.1) is 18.8 Å². The van der Waals surface area contributed by atoms with E-state index in [1.54, 1.807) is 0 Å². The number of aromatic nitrogens is 1. The van der Waals surface area contributed by atoms with Crippen LogP contribution in [-0.4, -0.2) is 53.5 Å². The molecule has 0 bridgehead atoms. The maximum atomic E-state index is 12.8. The molecule has 2 saturated heterocycles. The lowest BCUT2D eigenvalue weighted by atomic mass is 10.1. The van der Waals surface area contributed by atoms with Crippen molar-refractivity contribution in [1.29, 1.82) is 0 Å². The van der Waals surface area contributed by atoms with E-state index in [1.807, 2.05) is 12.1 Å². The Morgan fingerprint density at radius 2 is 1.97 bits per heavy atom. The maximum Gasteiger partial charge on any atom is 0.253 e. The smallest absolute Gasteiger partial charge is 0.253 e. The minimum absolute atomic E-state index is 0.0639. The molecule has 30 heavy (non-hydrogen) atoms. The van der Waals surface area contributed by atoms with E-state index in [9.17, 15) is 4.79 Å². The SMILES string of the molecule is CCc1ccc2[nH]c(=O)c(CN(CC3CCCO3)C(=S)NCC3CCCO3)cc2c1. The van der Waals surface area contributed by atoms with Crippen LogP contribution in [0.4, 0.5) is 0 Å². The molecule has 2 fully saturated rings. The predicted molar refractivity (Wildman–Crippen MR) is 123 cm³/mol. The highest BCUT2D eigenvalue weighted by Crippen LogP contribution is 2.18. The molecule has 7 heteroatoms. The monoisotopic (exact) mass is 429 g/mol. The number of thiocarbonyl (C=S) groups is 1. The number of ether oxygens (including phenoxy) is 2. The zero-order valence-corrected chi connectivity index (χ0v) is 18.4. The van der Waals surface area contributed by atoms with Crippen molar-refractivity contribution < 1.29 is 9.47 Å². The summed E-state index contributed by atoms with van der Waals surface area (Å²) in [6.45, 7) is 5.60. The Kier molecular flexibility index (Phi) is 7.02. The average molecular weight is 430 g/mol. The Balaban J connectivity index is 1.52. The van der Waals surface area contributed by atoms with Gasteiger partial charge in [-0.15, -0.1) is 0 Å². The molecule has 162 valence electrons. The molecule has 2 aromatic rings. The molecular weight excluding hydrogens is 398 g/mol. The molecule has 0 radical (unpaired) electrons. The second-order valence-electron chi connectivity index (χ2n) is 8.24. The van der Waals surface area contributed by atoms with Crippen LogP contribution in [0.2, 0.25) is 0 Å². The minimum Gasteiger partial charge on any atom is -0.376 e. The number of aryl methyl sites for hydroxylation is 1. The number of pyridine rings is 1. The Morgan fingerprint density at radius 3 is 2.67 bits per heavy atom. The molecule has 0 saturated carbocycles. The van der Waals surface area contributed by atoms with Crippen LogP contribution in [0.15, 0.2) is 29.1 Å². The van der Waals surface area contributed by atoms with Gasteiger partial charge in [0.25, 0.3) is 5.56 Å². The molecule has 2 aliphatic rings. The van der Waals surface area contributed by atoms with Crippen molar-refractivity contribution in [2.75, 3.05) is 26.3 Å². The van der Waals surface area contributed by atoms with Gasteiger partial charge in [-0.2, -0.15) is 0 Å². The summed E-state index contributed by atoms with van der Waals surface area (Å²) in [5.74, 6) is 0. The van der Waals surface area contributed by atoms with Gasteiger partial charge in [0.1, 0.15) is 0 Å². The number of rotatable bonds is 7. The number of nitrogens with zero attached hydrogens (tertiary/aromatic N) is 1. The number of nitrogens with one attached hydrogen (secondary N) is 2. The van der Waals surface area contributed by atoms with Gasteiger partial charge >= 0.3 is 0 Å². The first-order valence-electron chi connectivity index (χ1n) is 11.0. The summed E-state index contributed by atoms with van der Waals surface area (Å²) in [5, 5.41) is 5.07. The van der Waals surface area contributed by atoms with Crippen molar-refractivity contribution >= 4 is 28.2 Å². The molecule has 6 nitrogen and oxygen atoms in total. The van der Waals surface area contributed by atoms with E-state index in [0.717, 1.165) is 61.8 Å². The van der Waals surface area contributed by atoms with Crippen LogP contribution in [0, 0.1) is 0 Å². The molecular formula is C23H31N3O3S. The standard InChI is InChI=1S/C23H31N3O3S/c1-2-16-7-8-21-17(11-16)12-18(22(27)25-21)14-26(15-20-6-4-10-29-20)23(30)24-13-19-5-3-9-28-19/h7-8,11-12,19-20H,2-6,9-10,13-15H2,1H3,(H,24,30)(H,25,27). The van der Waals surface area contributed by atoms with Crippen molar-refractivity contribution in [2.45, 2.75) is 57.8 Å². The molecule has 0 spiro atoms. The minimum atomic E-state index is -0.0639. The van der Waals surface area contributed by atoms with Crippen molar-refractivity contribution in [3.63, 3.8) is 0 Å². The number of aromatic amines is 1. The van der Waals surface area contributed by atoms with Crippen LogP contribution >= 0.6 is 12.2 Å². The summed E-state index contributed by atoms with van der Waals surface area (Å²) >= 11 is 5.71. The third kappa shape index (κ3) is 5.20. The lowest BCUT2D eigenvalue weighted by Gasteiger charge is -2.28. The summed E-state index contributed by atoms with van der Waals surface area (Å²) < 4.78 is 11.5. The Labute approximate surface area is 182 Å². The van der Waals surface area contributed by atoms with E-state index in [4.69, 9.17) is 21.7 Å². The van der Waals surface area contributed by atoms with Crippen LogP contribution in [0.3, 0.4) is 0 Å². The molecule has 0 amide bonds. The highest BCUT2D eigenvalue weighted by atomic mass is 32.1. The number of benzene rings is 1. The van der Waals surface area contributed by atoms with E-state index < -0.39 is 0 Å². The zero-order valence-electron chi connectivity index (χ0n) is 17.6. The van der Waals surface area contributed by atoms with Gasteiger partial charge in [-0.05, 0) is 73.5 Å². The summed E-state index contributed by atoms with van der Waals surface area (Å²) in [6.07, 6.45) is 5.59. The summed E-state index contributed by atoms with van der Waals surface area (Å²) in [6, 6.07) is 8.19. The number of hydrogen-bond donors (Lipinski definition) is 2. The van der Waals surface area contributed by atoms with Crippen LogP contribution < -0.4 is 10.9 Å². The fourth-order valence-electron chi connectivity index (χ4n) is 4.22. The van der Waals surface area contributed by atoms with E-state index in [1.165, 1.54) is 5.56 Å². The van der Waals surface area contributed by atoms with Crippen LogP contribution in [-0.2, 0) is 22.4 Å². The first-order chi connectivity index (χ1) is 14.6. The van der Waals surface area contributed by atoms with Gasteiger partial charge < -0.3 is 24.7 Å². The fourth-order valence-corrected chi connectivity index (χ4v) is 4.44. The molecule has 0 aliphatic carbocycles.